The van der Waals surface area contributed by atoms with Gasteiger partial charge in [0.25, 0.3) is 0 Å². The van der Waals surface area contributed by atoms with Gasteiger partial charge in [0.2, 0.25) is 0 Å². The molecule has 6 heteroatoms. The number of esters is 3. The highest BCUT2D eigenvalue weighted by Crippen LogP contribution is 2.67. The Morgan fingerprint density at radius 3 is 2.07 bits per heavy atom. The van der Waals surface area contributed by atoms with E-state index in [2.05, 4.69) is 47.6 Å². The van der Waals surface area contributed by atoms with Crippen molar-refractivity contribution in [2.45, 2.75) is 228 Å². The highest BCUT2D eigenvalue weighted by Gasteiger charge is 2.59. The smallest absolute Gasteiger partial charge is 0.306 e. The van der Waals surface area contributed by atoms with Crippen LogP contribution in [-0.2, 0) is 28.6 Å². The van der Waals surface area contributed by atoms with E-state index < -0.39 is 12.1 Å². The normalized spacial score (nSPS) is 29.7. The molecule has 9 atom stereocenters. The van der Waals surface area contributed by atoms with Crippen molar-refractivity contribution in [2.75, 3.05) is 6.61 Å². The van der Waals surface area contributed by atoms with Gasteiger partial charge in [-0.25, -0.2) is 0 Å². The van der Waals surface area contributed by atoms with Crippen LogP contribution in [0.5, 0.6) is 0 Å². The Bertz CT molecular complexity index is 1210. The molecule has 0 bridgehead atoms. The number of hydrogen-bond acceptors (Lipinski definition) is 6. The molecule has 0 aliphatic heterocycles. The summed E-state index contributed by atoms with van der Waals surface area (Å²) in [6.07, 6.45) is 30.2. The third-order valence-corrected chi connectivity index (χ3v) is 15.3. The van der Waals surface area contributed by atoms with E-state index in [0.717, 1.165) is 74.0 Å². The maximum atomic E-state index is 12.9. The predicted molar refractivity (Wildman–Crippen MR) is 224 cm³/mol. The Morgan fingerprint density at radius 1 is 0.727 bits per heavy atom. The molecule has 0 aromatic carbocycles. The molecule has 316 valence electrons. The van der Waals surface area contributed by atoms with Gasteiger partial charge in [-0.15, -0.1) is 0 Å². The first-order chi connectivity index (χ1) is 26.4. The molecule has 0 saturated heterocycles. The summed E-state index contributed by atoms with van der Waals surface area (Å²) in [6, 6.07) is 0. The lowest BCUT2D eigenvalue weighted by Crippen LogP contribution is -2.51. The topological polar surface area (TPSA) is 78.9 Å². The molecule has 0 amide bonds. The minimum atomic E-state index is -0.452. The second kappa shape index (κ2) is 22.9. The molecule has 0 aromatic heterocycles. The molecule has 4 aliphatic rings. The standard InChI is InChI=1S/C49H84O6/c1-8-10-11-12-13-14-15-16-17-18-19-23-46(51)54-39(9-2)35-53-45(50)28-29-47(52)55-40-30-32-48(6)38(34-40)24-25-41-43-27-26-42(37(5)22-20-21-36(3)4)49(43,7)33-31-44(41)48/h24,36-37,39-44H,8-23,25-35H2,1-7H3/t37-,39?,40+,41+,42-,43+,44+,48+,49-/m1/s1. The fourth-order valence-corrected chi connectivity index (χ4v) is 11.9. The number of hydrogen-bond donors (Lipinski definition) is 0. The van der Waals surface area contributed by atoms with Crippen LogP contribution < -0.4 is 0 Å². The minimum absolute atomic E-state index is 0.0170. The average Bonchev–Trinajstić information content (AvgIpc) is 3.52. The molecule has 1 unspecified atom stereocenters. The predicted octanol–water partition coefficient (Wildman–Crippen LogP) is 13.3. The molecule has 55 heavy (non-hydrogen) atoms. The molecule has 0 spiro atoms. The van der Waals surface area contributed by atoms with Crippen LogP contribution in [0.2, 0.25) is 0 Å². The van der Waals surface area contributed by atoms with E-state index >= 15 is 0 Å². The van der Waals surface area contributed by atoms with E-state index in [0.29, 0.717) is 18.3 Å². The second-order valence-corrected chi connectivity index (χ2v) is 19.6. The first-order valence-corrected chi connectivity index (χ1v) is 23.6. The van der Waals surface area contributed by atoms with Crippen LogP contribution in [0.1, 0.15) is 215 Å². The summed E-state index contributed by atoms with van der Waals surface area (Å²) in [4.78, 5) is 37.8. The molecular weight excluding hydrogens is 685 g/mol. The van der Waals surface area contributed by atoms with Crippen molar-refractivity contribution >= 4 is 17.9 Å². The summed E-state index contributed by atoms with van der Waals surface area (Å²) in [6.45, 7) is 16.7. The van der Waals surface area contributed by atoms with Gasteiger partial charge >= 0.3 is 17.9 Å². The second-order valence-electron chi connectivity index (χ2n) is 19.6. The maximum Gasteiger partial charge on any atom is 0.306 e. The van der Waals surface area contributed by atoms with E-state index in [-0.39, 0.29) is 42.9 Å². The summed E-state index contributed by atoms with van der Waals surface area (Å²) in [5, 5.41) is 0. The van der Waals surface area contributed by atoms with Crippen LogP contribution in [0.25, 0.3) is 0 Å². The van der Waals surface area contributed by atoms with E-state index in [4.69, 9.17) is 14.2 Å². The van der Waals surface area contributed by atoms with E-state index in [1.165, 1.54) is 108 Å². The molecule has 3 fully saturated rings. The van der Waals surface area contributed by atoms with Gasteiger partial charge in [0.15, 0.2) is 0 Å². The summed E-state index contributed by atoms with van der Waals surface area (Å²) >= 11 is 0. The Labute approximate surface area is 337 Å². The number of fused-ring (bicyclic) bond motifs is 5. The van der Waals surface area contributed by atoms with Crippen molar-refractivity contribution in [3.63, 3.8) is 0 Å². The van der Waals surface area contributed by atoms with E-state index in [1.807, 2.05) is 6.92 Å². The Kier molecular flexibility index (Phi) is 19.1. The Morgan fingerprint density at radius 2 is 1.40 bits per heavy atom. The van der Waals surface area contributed by atoms with Crippen molar-refractivity contribution < 1.29 is 28.6 Å². The molecule has 0 heterocycles. The number of ether oxygens (including phenoxy) is 3. The fourth-order valence-electron chi connectivity index (χ4n) is 11.9. The summed E-state index contributed by atoms with van der Waals surface area (Å²) in [5.74, 6) is 3.88. The quantitative estimate of drug-likeness (QED) is 0.0398. The van der Waals surface area contributed by atoms with Crippen molar-refractivity contribution in [3.8, 4) is 0 Å². The van der Waals surface area contributed by atoms with Gasteiger partial charge < -0.3 is 14.2 Å². The zero-order chi connectivity index (χ0) is 39.8. The molecule has 0 radical (unpaired) electrons. The van der Waals surface area contributed by atoms with Crippen molar-refractivity contribution in [3.05, 3.63) is 11.6 Å². The largest absolute Gasteiger partial charge is 0.462 e. The van der Waals surface area contributed by atoms with Gasteiger partial charge in [-0.3, -0.25) is 14.4 Å². The number of unbranched alkanes of at least 4 members (excludes halogenated alkanes) is 10. The molecule has 0 aromatic rings. The SMILES string of the molecule is CCCCCCCCCCCCCC(=O)OC(CC)COC(=O)CCC(=O)O[C@H]1CC[C@@]2(C)C(=CC[C@H]3[C@@H]4CC[C@H]([C@H](C)CCCC(C)C)[C@@]4(C)CC[C@@H]32)C1. The van der Waals surface area contributed by atoms with Crippen molar-refractivity contribution in [1.29, 1.82) is 0 Å². The maximum absolute atomic E-state index is 12.9. The number of allylic oxidation sites excluding steroid dienone is 1. The Hall–Kier alpha value is -1.85. The lowest BCUT2D eigenvalue weighted by Gasteiger charge is -2.58. The zero-order valence-electron chi connectivity index (χ0n) is 36.7. The first kappa shape index (κ1) is 45.8. The molecule has 4 aliphatic carbocycles. The molecule has 6 nitrogen and oxygen atoms in total. The summed E-state index contributed by atoms with van der Waals surface area (Å²) < 4.78 is 17.0. The molecular formula is C49H84O6. The minimum Gasteiger partial charge on any atom is -0.462 e. The van der Waals surface area contributed by atoms with Crippen LogP contribution in [0, 0.1) is 46.3 Å². The van der Waals surface area contributed by atoms with Crippen molar-refractivity contribution in [2.24, 2.45) is 46.3 Å². The van der Waals surface area contributed by atoms with Gasteiger partial charge in [-0.1, -0.05) is 144 Å². The highest BCUT2D eigenvalue weighted by molar-refractivity contribution is 5.77. The lowest BCUT2D eigenvalue weighted by atomic mass is 9.47. The zero-order valence-corrected chi connectivity index (χ0v) is 36.7. The summed E-state index contributed by atoms with van der Waals surface area (Å²) in [5.41, 5.74) is 2.22. The summed E-state index contributed by atoms with van der Waals surface area (Å²) in [7, 11) is 0. The first-order valence-electron chi connectivity index (χ1n) is 23.6. The fraction of sp³-hybridized carbons (Fsp3) is 0.898. The van der Waals surface area contributed by atoms with Gasteiger partial charge in [-0.2, -0.15) is 0 Å². The Balaban J connectivity index is 1.11. The third-order valence-electron chi connectivity index (χ3n) is 15.3. The molecule has 3 saturated carbocycles. The van der Waals surface area contributed by atoms with Gasteiger partial charge in [0, 0.05) is 12.8 Å². The lowest BCUT2D eigenvalue weighted by molar-refractivity contribution is -0.161. The molecule has 0 N–H and O–H groups in total. The molecule has 4 rings (SSSR count). The number of carbonyl (C=O) groups excluding carboxylic acids is 3. The van der Waals surface area contributed by atoms with Gasteiger partial charge in [-0.05, 0) is 104 Å². The van der Waals surface area contributed by atoms with Crippen LogP contribution in [0.3, 0.4) is 0 Å². The van der Waals surface area contributed by atoms with Crippen LogP contribution in [0.15, 0.2) is 11.6 Å². The number of carbonyl (C=O) groups is 3. The van der Waals surface area contributed by atoms with Gasteiger partial charge in [0.1, 0.15) is 18.8 Å². The van der Waals surface area contributed by atoms with Crippen LogP contribution in [0.4, 0.5) is 0 Å². The monoisotopic (exact) mass is 769 g/mol. The van der Waals surface area contributed by atoms with Gasteiger partial charge in [0.05, 0.1) is 12.8 Å². The van der Waals surface area contributed by atoms with Crippen LogP contribution in [-0.4, -0.2) is 36.7 Å². The van der Waals surface area contributed by atoms with Crippen LogP contribution >= 0.6 is 0 Å². The average molecular weight is 769 g/mol. The van der Waals surface area contributed by atoms with Crippen molar-refractivity contribution in [1.82, 2.24) is 0 Å². The highest BCUT2D eigenvalue weighted by atomic mass is 16.6. The number of rotatable bonds is 25. The van der Waals surface area contributed by atoms with E-state index in [9.17, 15) is 14.4 Å². The van der Waals surface area contributed by atoms with E-state index in [1.54, 1.807) is 0 Å². The third kappa shape index (κ3) is 13.3.